The van der Waals surface area contributed by atoms with Crippen molar-refractivity contribution in [3.63, 3.8) is 0 Å². The molecule has 1 aliphatic heterocycles. The average molecular weight is 305 g/mol. The van der Waals surface area contributed by atoms with Crippen molar-refractivity contribution < 1.29 is 14.3 Å². The van der Waals surface area contributed by atoms with Gasteiger partial charge < -0.3 is 19.9 Å². The first-order valence-electron chi connectivity index (χ1n) is 7.43. The maximum Gasteiger partial charge on any atom is 0.319 e. The van der Waals surface area contributed by atoms with Crippen LogP contribution in [0.2, 0.25) is 0 Å². The van der Waals surface area contributed by atoms with Crippen molar-refractivity contribution in [1.29, 1.82) is 0 Å². The van der Waals surface area contributed by atoms with E-state index in [0.717, 1.165) is 0 Å². The summed E-state index contributed by atoms with van der Waals surface area (Å²) < 4.78 is 5.24. The molecule has 0 aromatic heterocycles. The van der Waals surface area contributed by atoms with Gasteiger partial charge in [-0.1, -0.05) is 12.1 Å². The third-order valence-electron chi connectivity index (χ3n) is 3.88. The van der Waals surface area contributed by atoms with E-state index in [0.29, 0.717) is 37.4 Å². The van der Waals surface area contributed by atoms with Crippen LogP contribution < -0.4 is 10.1 Å². The summed E-state index contributed by atoms with van der Waals surface area (Å²) in [6.45, 7) is 1.22. The van der Waals surface area contributed by atoms with E-state index in [1.54, 1.807) is 31.0 Å². The van der Waals surface area contributed by atoms with Crippen LogP contribution in [0.3, 0.4) is 0 Å². The minimum absolute atomic E-state index is 0.00332. The van der Waals surface area contributed by atoms with Crippen molar-refractivity contribution in [2.45, 2.75) is 12.8 Å². The van der Waals surface area contributed by atoms with Gasteiger partial charge in [0.15, 0.2) is 0 Å². The molecule has 0 spiro atoms. The summed E-state index contributed by atoms with van der Waals surface area (Å²) in [4.78, 5) is 27.6. The maximum absolute atomic E-state index is 12.4. The van der Waals surface area contributed by atoms with Gasteiger partial charge in [0, 0.05) is 33.1 Å². The van der Waals surface area contributed by atoms with Crippen LogP contribution in [0, 0.1) is 5.92 Å². The van der Waals surface area contributed by atoms with Gasteiger partial charge in [-0.25, -0.2) is 4.79 Å². The highest BCUT2D eigenvalue weighted by molar-refractivity contribution is 5.94. The molecule has 0 unspecified atom stereocenters. The summed E-state index contributed by atoms with van der Waals surface area (Å²) in [6.07, 6.45) is 1.36. The molecule has 1 fully saturated rings. The standard InChI is InChI=1S/C16H23N3O3/c1-18(2)16(21)19-10-8-12(9-11-19)15(20)17-13-6-4-5-7-14(13)22-3/h4-7,12H,8-11H2,1-3H3,(H,17,20). The molecule has 2 rings (SSSR count). The van der Waals surface area contributed by atoms with Gasteiger partial charge in [-0.2, -0.15) is 0 Å². The van der Waals surface area contributed by atoms with E-state index >= 15 is 0 Å². The molecule has 1 saturated heterocycles. The molecule has 0 bridgehead atoms. The molecule has 22 heavy (non-hydrogen) atoms. The van der Waals surface area contributed by atoms with Gasteiger partial charge in [-0.3, -0.25) is 4.79 Å². The second-order valence-electron chi connectivity index (χ2n) is 5.63. The SMILES string of the molecule is COc1ccccc1NC(=O)C1CCN(C(=O)N(C)C)CC1. The lowest BCUT2D eigenvalue weighted by molar-refractivity contribution is -0.121. The maximum atomic E-state index is 12.4. The number of piperidine rings is 1. The molecule has 0 radical (unpaired) electrons. The number of carbonyl (C=O) groups is 2. The van der Waals surface area contributed by atoms with Crippen LogP contribution in [0.25, 0.3) is 0 Å². The number of hydrogen-bond acceptors (Lipinski definition) is 3. The summed E-state index contributed by atoms with van der Waals surface area (Å²) in [5.74, 6) is 0.564. The first-order valence-corrected chi connectivity index (χ1v) is 7.43. The zero-order valence-electron chi connectivity index (χ0n) is 13.3. The first-order chi connectivity index (χ1) is 10.5. The van der Waals surface area contributed by atoms with E-state index in [1.807, 2.05) is 24.3 Å². The molecule has 1 aromatic rings. The van der Waals surface area contributed by atoms with Crippen LogP contribution in [-0.4, -0.2) is 56.0 Å². The predicted octanol–water partition coefficient (Wildman–Crippen LogP) is 2.03. The Morgan fingerprint density at radius 1 is 1.23 bits per heavy atom. The number of nitrogens with zero attached hydrogens (tertiary/aromatic N) is 2. The summed E-state index contributed by atoms with van der Waals surface area (Å²) in [5.41, 5.74) is 0.682. The van der Waals surface area contributed by atoms with Crippen LogP contribution in [0.15, 0.2) is 24.3 Å². The highest BCUT2D eigenvalue weighted by Crippen LogP contribution is 2.25. The molecule has 1 aliphatic rings. The van der Waals surface area contributed by atoms with Gasteiger partial charge in [0.1, 0.15) is 5.75 Å². The Labute approximate surface area is 131 Å². The third-order valence-corrected chi connectivity index (χ3v) is 3.88. The number of methoxy groups -OCH3 is 1. The molecule has 3 amide bonds. The van der Waals surface area contributed by atoms with Crippen molar-refractivity contribution in [3.8, 4) is 5.75 Å². The number of ether oxygens (including phenoxy) is 1. The summed E-state index contributed by atoms with van der Waals surface area (Å²) in [7, 11) is 5.06. The fourth-order valence-electron chi connectivity index (χ4n) is 2.60. The zero-order chi connectivity index (χ0) is 16.1. The third kappa shape index (κ3) is 3.69. The Bertz CT molecular complexity index is 537. The molecule has 6 heteroatoms. The smallest absolute Gasteiger partial charge is 0.319 e. The van der Waals surface area contributed by atoms with Crippen LogP contribution in [0.1, 0.15) is 12.8 Å². The number of amides is 3. The number of nitrogens with one attached hydrogen (secondary N) is 1. The number of rotatable bonds is 3. The van der Waals surface area contributed by atoms with E-state index in [2.05, 4.69) is 5.32 Å². The average Bonchev–Trinajstić information content (AvgIpc) is 2.54. The summed E-state index contributed by atoms with van der Waals surface area (Å²) in [5, 5.41) is 2.92. The van der Waals surface area contributed by atoms with Gasteiger partial charge in [-0.15, -0.1) is 0 Å². The van der Waals surface area contributed by atoms with E-state index in [9.17, 15) is 9.59 Å². The van der Waals surface area contributed by atoms with Gasteiger partial charge in [0.05, 0.1) is 12.8 Å². The lowest BCUT2D eigenvalue weighted by atomic mass is 9.96. The molecular weight excluding hydrogens is 282 g/mol. The highest BCUT2D eigenvalue weighted by Gasteiger charge is 2.28. The Morgan fingerprint density at radius 3 is 2.45 bits per heavy atom. The van der Waals surface area contributed by atoms with Crippen molar-refractivity contribution in [1.82, 2.24) is 9.80 Å². The molecule has 0 saturated carbocycles. The number of urea groups is 1. The van der Waals surface area contributed by atoms with Crippen LogP contribution >= 0.6 is 0 Å². The molecule has 1 aromatic carbocycles. The fourth-order valence-corrected chi connectivity index (χ4v) is 2.60. The zero-order valence-corrected chi connectivity index (χ0v) is 13.3. The number of hydrogen-bond donors (Lipinski definition) is 1. The Balaban J connectivity index is 1.91. The van der Waals surface area contributed by atoms with Gasteiger partial charge in [0.25, 0.3) is 0 Å². The molecular formula is C16H23N3O3. The number of carbonyl (C=O) groups excluding carboxylic acids is 2. The number of para-hydroxylation sites is 2. The summed E-state index contributed by atoms with van der Waals surface area (Å²) in [6, 6.07) is 7.36. The molecule has 6 nitrogen and oxygen atoms in total. The molecule has 120 valence electrons. The molecule has 1 N–H and O–H groups in total. The van der Waals surface area contributed by atoms with Crippen molar-refractivity contribution in [3.05, 3.63) is 24.3 Å². The van der Waals surface area contributed by atoms with Crippen molar-refractivity contribution in [2.24, 2.45) is 5.92 Å². The topological polar surface area (TPSA) is 61.9 Å². The Kier molecular flexibility index (Phi) is 5.25. The van der Waals surface area contributed by atoms with E-state index in [1.165, 1.54) is 0 Å². The number of anilines is 1. The van der Waals surface area contributed by atoms with Crippen LogP contribution in [-0.2, 0) is 4.79 Å². The molecule has 0 atom stereocenters. The first kappa shape index (κ1) is 16.1. The highest BCUT2D eigenvalue weighted by atomic mass is 16.5. The second-order valence-corrected chi connectivity index (χ2v) is 5.63. The normalized spacial score (nSPS) is 15.3. The number of likely N-dealkylation sites (tertiary alicyclic amines) is 1. The van der Waals surface area contributed by atoms with E-state index in [-0.39, 0.29) is 17.9 Å². The second kappa shape index (κ2) is 7.15. The van der Waals surface area contributed by atoms with Crippen molar-refractivity contribution in [2.75, 3.05) is 39.6 Å². The number of benzene rings is 1. The Morgan fingerprint density at radius 2 is 1.86 bits per heavy atom. The quantitative estimate of drug-likeness (QED) is 0.929. The lowest BCUT2D eigenvalue weighted by Gasteiger charge is -2.33. The van der Waals surface area contributed by atoms with E-state index < -0.39 is 0 Å². The predicted molar refractivity (Wildman–Crippen MR) is 85.0 cm³/mol. The fraction of sp³-hybridized carbons (Fsp3) is 0.500. The minimum atomic E-state index is -0.0730. The lowest BCUT2D eigenvalue weighted by Crippen LogP contribution is -2.45. The van der Waals surface area contributed by atoms with E-state index in [4.69, 9.17) is 4.74 Å². The van der Waals surface area contributed by atoms with Gasteiger partial charge in [0.2, 0.25) is 5.91 Å². The molecule has 1 heterocycles. The van der Waals surface area contributed by atoms with Gasteiger partial charge >= 0.3 is 6.03 Å². The Hall–Kier alpha value is -2.24. The van der Waals surface area contributed by atoms with Crippen LogP contribution in [0.5, 0.6) is 5.75 Å². The summed E-state index contributed by atoms with van der Waals surface area (Å²) >= 11 is 0. The van der Waals surface area contributed by atoms with Crippen molar-refractivity contribution >= 4 is 17.6 Å². The molecule has 0 aliphatic carbocycles. The van der Waals surface area contributed by atoms with Crippen LogP contribution in [0.4, 0.5) is 10.5 Å². The monoisotopic (exact) mass is 305 g/mol. The largest absolute Gasteiger partial charge is 0.495 e. The minimum Gasteiger partial charge on any atom is -0.495 e. The van der Waals surface area contributed by atoms with Gasteiger partial charge in [-0.05, 0) is 25.0 Å².